The van der Waals surface area contributed by atoms with Gasteiger partial charge in [-0.15, -0.1) is 0 Å². The van der Waals surface area contributed by atoms with E-state index in [4.69, 9.17) is 19.8 Å². The molecule has 104 valence electrons. The number of hydrogen-bond donors (Lipinski definition) is 4. The minimum atomic E-state index is -1.47. The summed E-state index contributed by atoms with van der Waals surface area (Å²) < 4.78 is 10.5. The summed E-state index contributed by atoms with van der Waals surface area (Å²) in [4.78, 5) is 0. The van der Waals surface area contributed by atoms with Crippen molar-refractivity contribution in [2.45, 2.75) is 50.7 Å². The maximum absolute atomic E-state index is 9.70. The van der Waals surface area contributed by atoms with Crippen LogP contribution in [0, 0.1) is 17.2 Å². The Bertz CT molecular complexity index is 304. The number of aliphatic hydroxyl groups is 4. The molecule has 7 nitrogen and oxygen atoms in total. The zero-order chi connectivity index (χ0) is 13.9. The van der Waals surface area contributed by atoms with E-state index in [9.17, 15) is 15.3 Å². The number of aliphatic hydroxyl groups excluding tert-OH is 4. The molecular weight excluding hydrogens is 242 g/mol. The molecule has 0 saturated carbocycles. The normalized spacial score (nSPS) is 39.9. The minimum absolute atomic E-state index is 0.419. The van der Waals surface area contributed by atoms with Crippen LogP contribution in [-0.4, -0.2) is 63.8 Å². The van der Waals surface area contributed by atoms with Gasteiger partial charge in [-0.3, -0.25) is 0 Å². The molecule has 7 atom stereocenters. The van der Waals surface area contributed by atoms with Gasteiger partial charge in [0.15, 0.2) is 6.29 Å². The van der Waals surface area contributed by atoms with Crippen molar-refractivity contribution in [2.24, 2.45) is 5.92 Å². The van der Waals surface area contributed by atoms with Gasteiger partial charge < -0.3 is 29.9 Å². The fraction of sp³-hybridized carbons (Fsp3) is 0.909. The number of ether oxygens (including phenoxy) is 2. The third-order valence-electron chi connectivity index (χ3n) is 3.10. The summed E-state index contributed by atoms with van der Waals surface area (Å²) in [5.41, 5.74) is 0. The molecule has 0 bridgehead atoms. The van der Waals surface area contributed by atoms with Gasteiger partial charge in [-0.25, -0.2) is 0 Å². The Morgan fingerprint density at radius 2 is 1.83 bits per heavy atom. The molecule has 18 heavy (non-hydrogen) atoms. The predicted octanol–water partition coefficient (Wildman–Crippen LogP) is -1.65. The van der Waals surface area contributed by atoms with Crippen LogP contribution in [0.1, 0.15) is 13.8 Å². The Balaban J connectivity index is 2.68. The van der Waals surface area contributed by atoms with Crippen LogP contribution in [0.3, 0.4) is 0 Å². The lowest BCUT2D eigenvalue weighted by Crippen LogP contribution is -2.59. The van der Waals surface area contributed by atoms with E-state index in [0.717, 1.165) is 0 Å². The van der Waals surface area contributed by atoms with Crippen molar-refractivity contribution >= 4 is 0 Å². The van der Waals surface area contributed by atoms with Gasteiger partial charge in [0.2, 0.25) is 0 Å². The number of nitrogens with zero attached hydrogens (tertiary/aromatic N) is 1. The van der Waals surface area contributed by atoms with Gasteiger partial charge in [0.25, 0.3) is 0 Å². The lowest BCUT2D eigenvalue weighted by molar-refractivity contribution is -0.311. The number of rotatable bonds is 4. The molecule has 0 amide bonds. The van der Waals surface area contributed by atoms with E-state index in [1.54, 1.807) is 13.8 Å². The Morgan fingerprint density at radius 3 is 2.33 bits per heavy atom. The van der Waals surface area contributed by atoms with Crippen LogP contribution in [0.2, 0.25) is 0 Å². The average molecular weight is 261 g/mol. The zero-order valence-electron chi connectivity index (χ0n) is 10.3. The van der Waals surface area contributed by atoms with Gasteiger partial charge in [0.1, 0.15) is 24.4 Å². The first-order chi connectivity index (χ1) is 8.42. The highest BCUT2D eigenvalue weighted by Gasteiger charge is 2.44. The maximum atomic E-state index is 9.70. The Morgan fingerprint density at radius 1 is 1.22 bits per heavy atom. The second kappa shape index (κ2) is 6.43. The molecule has 0 aliphatic carbocycles. The smallest absolute Gasteiger partial charge is 0.187 e. The predicted molar refractivity (Wildman–Crippen MR) is 59.1 cm³/mol. The SMILES string of the molecule is CC(C#N)C(C)OC1OC(CO)C(O)C(O)C1O. The summed E-state index contributed by atoms with van der Waals surface area (Å²) in [6.07, 6.45) is -7.02. The van der Waals surface area contributed by atoms with Crippen LogP contribution < -0.4 is 0 Å². The van der Waals surface area contributed by atoms with Gasteiger partial charge >= 0.3 is 0 Å². The first kappa shape index (κ1) is 15.3. The highest BCUT2D eigenvalue weighted by atomic mass is 16.7. The fourth-order valence-corrected chi connectivity index (χ4v) is 1.61. The van der Waals surface area contributed by atoms with E-state index in [-0.39, 0.29) is 0 Å². The minimum Gasteiger partial charge on any atom is -0.394 e. The summed E-state index contributed by atoms with van der Waals surface area (Å²) in [6.45, 7) is 2.77. The van der Waals surface area contributed by atoms with E-state index in [1.807, 2.05) is 6.07 Å². The Labute approximate surface area is 105 Å². The van der Waals surface area contributed by atoms with Crippen LogP contribution in [0.25, 0.3) is 0 Å². The largest absolute Gasteiger partial charge is 0.394 e. The van der Waals surface area contributed by atoms with Crippen LogP contribution in [-0.2, 0) is 9.47 Å². The Hall–Kier alpha value is -0.750. The fourth-order valence-electron chi connectivity index (χ4n) is 1.61. The van der Waals surface area contributed by atoms with Crippen molar-refractivity contribution in [1.82, 2.24) is 0 Å². The summed E-state index contributed by atoms with van der Waals surface area (Å²) in [6, 6.07) is 1.99. The standard InChI is InChI=1S/C11H19NO6/c1-5(3-12)6(2)17-11-10(16)9(15)8(14)7(4-13)18-11/h5-11,13-16H,4H2,1-2H3. The maximum Gasteiger partial charge on any atom is 0.187 e. The highest BCUT2D eigenvalue weighted by Crippen LogP contribution is 2.24. The highest BCUT2D eigenvalue weighted by molar-refractivity contribution is 4.90. The molecule has 7 heteroatoms. The molecule has 0 spiro atoms. The number of hydrogen-bond acceptors (Lipinski definition) is 7. The van der Waals surface area contributed by atoms with Crippen molar-refractivity contribution in [2.75, 3.05) is 6.61 Å². The first-order valence-electron chi connectivity index (χ1n) is 5.78. The van der Waals surface area contributed by atoms with E-state index in [1.165, 1.54) is 0 Å². The zero-order valence-corrected chi connectivity index (χ0v) is 10.3. The number of nitriles is 1. The van der Waals surface area contributed by atoms with Gasteiger partial charge in [-0.05, 0) is 13.8 Å². The second-order valence-corrected chi connectivity index (χ2v) is 4.46. The quantitative estimate of drug-likeness (QED) is 0.478. The van der Waals surface area contributed by atoms with Gasteiger partial charge in [-0.2, -0.15) is 5.26 Å². The molecule has 1 heterocycles. The molecule has 1 saturated heterocycles. The van der Waals surface area contributed by atoms with E-state index in [2.05, 4.69) is 0 Å². The van der Waals surface area contributed by atoms with Crippen LogP contribution in [0.4, 0.5) is 0 Å². The third kappa shape index (κ3) is 3.17. The van der Waals surface area contributed by atoms with Crippen molar-refractivity contribution in [3.8, 4) is 6.07 Å². The molecule has 1 rings (SSSR count). The Kier molecular flexibility index (Phi) is 5.47. The molecule has 0 aromatic carbocycles. The van der Waals surface area contributed by atoms with Crippen LogP contribution >= 0.6 is 0 Å². The monoisotopic (exact) mass is 261 g/mol. The third-order valence-corrected chi connectivity index (χ3v) is 3.10. The molecule has 7 unspecified atom stereocenters. The van der Waals surface area contributed by atoms with Gasteiger partial charge in [-0.1, -0.05) is 0 Å². The molecule has 1 fully saturated rings. The molecule has 0 aromatic rings. The molecule has 1 aliphatic heterocycles. The summed E-state index contributed by atoms with van der Waals surface area (Å²) in [5.74, 6) is -0.419. The molecule has 0 aromatic heterocycles. The molecule has 0 radical (unpaired) electrons. The second-order valence-electron chi connectivity index (χ2n) is 4.46. The van der Waals surface area contributed by atoms with Gasteiger partial charge in [0.05, 0.1) is 24.7 Å². The van der Waals surface area contributed by atoms with E-state index < -0.39 is 49.3 Å². The summed E-state index contributed by atoms with van der Waals surface area (Å²) in [7, 11) is 0. The lowest BCUT2D eigenvalue weighted by Gasteiger charge is -2.40. The molecular formula is C11H19NO6. The average Bonchev–Trinajstić information content (AvgIpc) is 2.38. The lowest BCUT2D eigenvalue weighted by atomic mass is 9.99. The topological polar surface area (TPSA) is 123 Å². The molecule has 1 aliphatic rings. The molecule has 4 N–H and O–H groups in total. The van der Waals surface area contributed by atoms with Crippen LogP contribution in [0.5, 0.6) is 0 Å². The van der Waals surface area contributed by atoms with Crippen molar-refractivity contribution in [3.05, 3.63) is 0 Å². The van der Waals surface area contributed by atoms with Crippen LogP contribution in [0.15, 0.2) is 0 Å². The van der Waals surface area contributed by atoms with E-state index >= 15 is 0 Å². The first-order valence-corrected chi connectivity index (χ1v) is 5.78. The van der Waals surface area contributed by atoms with Gasteiger partial charge in [0, 0.05) is 0 Å². The van der Waals surface area contributed by atoms with E-state index in [0.29, 0.717) is 0 Å². The van der Waals surface area contributed by atoms with Crippen molar-refractivity contribution in [3.63, 3.8) is 0 Å². The summed E-state index contributed by atoms with van der Waals surface area (Å²) >= 11 is 0. The van der Waals surface area contributed by atoms with Crippen molar-refractivity contribution < 1.29 is 29.9 Å². The summed E-state index contributed by atoms with van der Waals surface area (Å²) in [5, 5.41) is 46.5. The van der Waals surface area contributed by atoms with Crippen molar-refractivity contribution in [1.29, 1.82) is 5.26 Å².